The largest absolute Gasteiger partial charge is 0.349 e. The smallest absolute Gasteiger partial charge is 0.222 e. The van der Waals surface area contributed by atoms with Gasteiger partial charge in [-0.25, -0.2) is 0 Å². The number of carbonyl (C=O) groups is 1. The zero-order chi connectivity index (χ0) is 11.1. The van der Waals surface area contributed by atoms with E-state index in [-0.39, 0.29) is 11.9 Å². The Labute approximate surface area is 88.3 Å². The van der Waals surface area contributed by atoms with E-state index in [1.54, 1.807) is 14.1 Å². The van der Waals surface area contributed by atoms with Crippen LogP contribution in [-0.4, -0.2) is 46.7 Å². The van der Waals surface area contributed by atoms with Crippen molar-refractivity contribution in [3.63, 3.8) is 0 Å². The van der Waals surface area contributed by atoms with Crippen molar-refractivity contribution >= 4 is 16.7 Å². The third-order valence-electron chi connectivity index (χ3n) is 1.97. The Balaban J connectivity index is 3.69. The molecule has 2 N–H and O–H groups in total. The standard InChI is InChI=1S/C9H20N2O2S/c1-4-8(10)7-14(13)6-5-9(12)11(2)3/h8H,4-7,10H2,1-3H3. The molecule has 4 nitrogen and oxygen atoms in total. The zero-order valence-corrected chi connectivity index (χ0v) is 9.97. The number of hydrogen-bond acceptors (Lipinski definition) is 3. The van der Waals surface area contributed by atoms with Gasteiger partial charge in [0.2, 0.25) is 5.91 Å². The van der Waals surface area contributed by atoms with Crippen LogP contribution in [0.2, 0.25) is 0 Å². The molecule has 2 atom stereocenters. The minimum Gasteiger partial charge on any atom is -0.349 e. The lowest BCUT2D eigenvalue weighted by molar-refractivity contribution is -0.128. The van der Waals surface area contributed by atoms with E-state index in [1.165, 1.54) is 4.90 Å². The maximum absolute atomic E-state index is 11.4. The van der Waals surface area contributed by atoms with Gasteiger partial charge in [-0.1, -0.05) is 6.92 Å². The molecule has 0 heterocycles. The molecule has 0 radical (unpaired) electrons. The second-order valence-corrected chi connectivity index (χ2v) is 5.14. The van der Waals surface area contributed by atoms with Gasteiger partial charge in [0.1, 0.15) is 0 Å². The van der Waals surface area contributed by atoms with Gasteiger partial charge in [-0.05, 0) is 6.42 Å². The quantitative estimate of drug-likeness (QED) is 0.682. The molecule has 0 aliphatic carbocycles. The van der Waals surface area contributed by atoms with Crippen LogP contribution in [0.3, 0.4) is 0 Å². The number of carbonyl (C=O) groups excluding carboxylic acids is 1. The van der Waals surface area contributed by atoms with Crippen LogP contribution in [0.15, 0.2) is 0 Å². The summed E-state index contributed by atoms with van der Waals surface area (Å²) in [4.78, 5) is 12.7. The zero-order valence-electron chi connectivity index (χ0n) is 9.16. The van der Waals surface area contributed by atoms with Crippen molar-refractivity contribution in [3.05, 3.63) is 0 Å². The Bertz CT molecular complexity index is 207. The van der Waals surface area contributed by atoms with Gasteiger partial charge < -0.3 is 10.6 Å². The molecule has 5 heteroatoms. The van der Waals surface area contributed by atoms with Crippen molar-refractivity contribution in [1.29, 1.82) is 0 Å². The van der Waals surface area contributed by atoms with E-state index in [2.05, 4.69) is 0 Å². The van der Waals surface area contributed by atoms with Crippen molar-refractivity contribution < 1.29 is 9.00 Å². The third kappa shape index (κ3) is 6.10. The average Bonchev–Trinajstić information content (AvgIpc) is 2.13. The first-order valence-electron chi connectivity index (χ1n) is 4.78. The predicted molar refractivity (Wildman–Crippen MR) is 59.5 cm³/mol. The minimum absolute atomic E-state index is 0.00899. The fourth-order valence-corrected chi connectivity index (χ4v) is 2.15. The Morgan fingerprint density at radius 3 is 2.50 bits per heavy atom. The molecule has 84 valence electrons. The second kappa shape index (κ2) is 6.95. The van der Waals surface area contributed by atoms with Crippen LogP contribution < -0.4 is 5.73 Å². The first kappa shape index (κ1) is 13.6. The van der Waals surface area contributed by atoms with Crippen LogP contribution in [0.5, 0.6) is 0 Å². The summed E-state index contributed by atoms with van der Waals surface area (Å²) in [5, 5.41) is 0. The minimum atomic E-state index is -0.960. The Morgan fingerprint density at radius 2 is 2.07 bits per heavy atom. The van der Waals surface area contributed by atoms with Gasteiger partial charge in [0, 0.05) is 48.9 Å². The Hall–Kier alpha value is -0.420. The molecular weight excluding hydrogens is 200 g/mol. The molecule has 0 fully saturated rings. The molecule has 1 amide bonds. The van der Waals surface area contributed by atoms with E-state index < -0.39 is 10.8 Å². The fraction of sp³-hybridized carbons (Fsp3) is 0.889. The van der Waals surface area contributed by atoms with Crippen molar-refractivity contribution in [2.45, 2.75) is 25.8 Å². The van der Waals surface area contributed by atoms with Gasteiger partial charge in [-0.15, -0.1) is 0 Å². The first-order valence-corrected chi connectivity index (χ1v) is 6.26. The lowest BCUT2D eigenvalue weighted by Crippen LogP contribution is -2.29. The highest BCUT2D eigenvalue weighted by Crippen LogP contribution is 1.96. The molecule has 14 heavy (non-hydrogen) atoms. The normalized spacial score (nSPS) is 14.9. The van der Waals surface area contributed by atoms with E-state index in [1.807, 2.05) is 6.92 Å². The SMILES string of the molecule is CCC(N)CS(=O)CCC(=O)N(C)C. The van der Waals surface area contributed by atoms with Crippen LogP contribution in [0.25, 0.3) is 0 Å². The van der Waals surface area contributed by atoms with Gasteiger partial charge in [0.25, 0.3) is 0 Å². The summed E-state index contributed by atoms with van der Waals surface area (Å²) >= 11 is 0. The van der Waals surface area contributed by atoms with Crippen molar-refractivity contribution in [3.8, 4) is 0 Å². The second-order valence-electron chi connectivity index (χ2n) is 3.52. The average molecular weight is 220 g/mol. The molecule has 0 aliphatic heterocycles. The molecule has 0 aromatic carbocycles. The topological polar surface area (TPSA) is 63.4 Å². The summed E-state index contributed by atoms with van der Waals surface area (Å²) in [5.74, 6) is 0.936. The maximum atomic E-state index is 11.4. The van der Waals surface area contributed by atoms with Crippen LogP contribution in [0.4, 0.5) is 0 Å². The van der Waals surface area contributed by atoms with Gasteiger partial charge in [0.15, 0.2) is 0 Å². The highest BCUT2D eigenvalue weighted by Gasteiger charge is 2.09. The first-order chi connectivity index (χ1) is 6.47. The van der Waals surface area contributed by atoms with Gasteiger partial charge in [-0.3, -0.25) is 9.00 Å². The maximum Gasteiger partial charge on any atom is 0.222 e. The molecule has 0 spiro atoms. The summed E-state index contributed by atoms with van der Waals surface area (Å²) < 4.78 is 11.4. The fourth-order valence-electron chi connectivity index (χ4n) is 0.865. The summed E-state index contributed by atoms with van der Waals surface area (Å²) in [6, 6.07) is -0.00899. The molecule has 0 bridgehead atoms. The third-order valence-corrected chi connectivity index (χ3v) is 3.43. The lowest BCUT2D eigenvalue weighted by Gasteiger charge is -2.11. The van der Waals surface area contributed by atoms with E-state index >= 15 is 0 Å². The van der Waals surface area contributed by atoms with E-state index in [0.717, 1.165) is 6.42 Å². The number of rotatable bonds is 6. The van der Waals surface area contributed by atoms with Crippen LogP contribution >= 0.6 is 0 Å². The monoisotopic (exact) mass is 220 g/mol. The molecule has 0 rings (SSSR count). The predicted octanol–water partition coefficient (Wildman–Crippen LogP) is -0.0493. The van der Waals surface area contributed by atoms with E-state index in [0.29, 0.717) is 17.9 Å². The molecule has 0 aromatic rings. The molecular formula is C9H20N2O2S. The Morgan fingerprint density at radius 1 is 1.50 bits per heavy atom. The number of nitrogens with two attached hydrogens (primary N) is 1. The Kier molecular flexibility index (Phi) is 6.74. The summed E-state index contributed by atoms with van der Waals surface area (Å²) in [7, 11) is 2.44. The summed E-state index contributed by atoms with van der Waals surface area (Å²) in [6.07, 6.45) is 1.17. The van der Waals surface area contributed by atoms with Crippen LogP contribution in [0.1, 0.15) is 19.8 Å². The highest BCUT2D eigenvalue weighted by atomic mass is 32.2. The number of hydrogen-bond donors (Lipinski definition) is 1. The van der Waals surface area contributed by atoms with Gasteiger partial charge >= 0.3 is 0 Å². The molecule has 0 saturated carbocycles. The summed E-state index contributed by atoms with van der Waals surface area (Å²) in [5.41, 5.74) is 5.65. The van der Waals surface area contributed by atoms with Crippen LogP contribution in [-0.2, 0) is 15.6 Å². The highest BCUT2D eigenvalue weighted by molar-refractivity contribution is 7.85. The number of amides is 1. The summed E-state index contributed by atoms with van der Waals surface area (Å²) in [6.45, 7) is 1.97. The van der Waals surface area contributed by atoms with Crippen molar-refractivity contribution in [1.82, 2.24) is 4.90 Å². The van der Waals surface area contributed by atoms with Crippen molar-refractivity contribution in [2.75, 3.05) is 25.6 Å². The van der Waals surface area contributed by atoms with Gasteiger partial charge in [0.05, 0.1) is 0 Å². The lowest BCUT2D eigenvalue weighted by atomic mass is 10.3. The number of nitrogens with zero attached hydrogens (tertiary/aromatic N) is 1. The molecule has 0 saturated heterocycles. The van der Waals surface area contributed by atoms with E-state index in [4.69, 9.17) is 5.73 Å². The molecule has 2 unspecified atom stereocenters. The molecule has 0 aliphatic rings. The van der Waals surface area contributed by atoms with Crippen molar-refractivity contribution in [2.24, 2.45) is 5.73 Å². The van der Waals surface area contributed by atoms with Crippen LogP contribution in [0, 0.1) is 0 Å². The molecule has 0 aromatic heterocycles. The van der Waals surface area contributed by atoms with Gasteiger partial charge in [-0.2, -0.15) is 0 Å². The van der Waals surface area contributed by atoms with E-state index in [9.17, 15) is 9.00 Å².